The smallest absolute Gasteiger partial charge is 0.328 e. The van der Waals surface area contributed by atoms with Crippen LogP contribution in [0.1, 0.15) is 23.0 Å². The Bertz CT molecular complexity index is 878. The molecule has 0 aliphatic heterocycles. The minimum absolute atomic E-state index is 0.385. The average molecular weight is 334 g/mol. The molecule has 0 radical (unpaired) electrons. The number of aliphatic hydroxyl groups excluding tert-OH is 1. The third-order valence-electron chi connectivity index (χ3n) is 3.81. The molecule has 2 N–H and O–H groups in total. The van der Waals surface area contributed by atoms with Gasteiger partial charge in [-0.1, -0.05) is 54.6 Å². The van der Waals surface area contributed by atoms with Crippen molar-refractivity contribution in [3.05, 3.63) is 89.7 Å². The molecular weight excluding hydrogens is 316 g/mol. The molecule has 0 saturated heterocycles. The Morgan fingerprint density at radius 2 is 1.84 bits per heavy atom. The molecule has 0 amide bonds. The van der Waals surface area contributed by atoms with Crippen LogP contribution in [0.4, 0.5) is 0 Å². The predicted molar refractivity (Wildman–Crippen MR) is 95.9 cm³/mol. The number of rotatable bonds is 6. The molecule has 0 aliphatic carbocycles. The van der Waals surface area contributed by atoms with Crippen LogP contribution in [0.2, 0.25) is 0 Å². The van der Waals surface area contributed by atoms with Crippen LogP contribution < -0.4 is 0 Å². The number of hydrogen-bond donors (Lipinski definition) is 2. The molecule has 0 saturated carbocycles. The summed E-state index contributed by atoms with van der Waals surface area (Å²) < 4.78 is 5.77. The molecule has 3 rings (SSSR count). The highest BCUT2D eigenvalue weighted by molar-refractivity contribution is 5.85. The zero-order valence-electron chi connectivity index (χ0n) is 13.5. The number of aliphatic carboxylic acids is 1. The van der Waals surface area contributed by atoms with Crippen LogP contribution in [0.5, 0.6) is 0 Å². The molecule has 1 atom stereocenters. The van der Waals surface area contributed by atoms with E-state index in [9.17, 15) is 9.90 Å². The highest BCUT2D eigenvalue weighted by Gasteiger charge is 2.14. The second kappa shape index (κ2) is 7.64. The third-order valence-corrected chi connectivity index (χ3v) is 3.81. The van der Waals surface area contributed by atoms with Crippen molar-refractivity contribution in [1.29, 1.82) is 0 Å². The Morgan fingerprint density at radius 1 is 1.04 bits per heavy atom. The fourth-order valence-corrected chi connectivity index (χ4v) is 2.60. The molecule has 0 spiro atoms. The molecule has 2 aromatic carbocycles. The minimum atomic E-state index is -0.991. The van der Waals surface area contributed by atoms with E-state index in [2.05, 4.69) is 0 Å². The van der Waals surface area contributed by atoms with Gasteiger partial charge in [-0.2, -0.15) is 0 Å². The van der Waals surface area contributed by atoms with E-state index < -0.39 is 12.1 Å². The van der Waals surface area contributed by atoms with E-state index in [0.717, 1.165) is 22.8 Å². The van der Waals surface area contributed by atoms with Crippen molar-refractivity contribution in [3.8, 4) is 11.3 Å². The van der Waals surface area contributed by atoms with Crippen molar-refractivity contribution in [2.75, 3.05) is 0 Å². The second-order valence-electron chi connectivity index (χ2n) is 5.70. The highest BCUT2D eigenvalue weighted by atomic mass is 16.4. The number of benzene rings is 2. The van der Waals surface area contributed by atoms with E-state index in [1.807, 2.05) is 60.7 Å². The summed E-state index contributed by atoms with van der Waals surface area (Å²) in [6, 6.07) is 20.7. The van der Waals surface area contributed by atoms with Crippen LogP contribution in [-0.2, 0) is 11.2 Å². The number of aliphatic hydroxyl groups is 1. The zero-order valence-corrected chi connectivity index (χ0v) is 13.5. The van der Waals surface area contributed by atoms with Crippen LogP contribution in [0, 0.1) is 0 Å². The van der Waals surface area contributed by atoms with Crippen molar-refractivity contribution in [2.24, 2.45) is 0 Å². The first-order valence-corrected chi connectivity index (χ1v) is 7.95. The van der Waals surface area contributed by atoms with Gasteiger partial charge in [0.25, 0.3) is 0 Å². The third kappa shape index (κ3) is 4.46. The van der Waals surface area contributed by atoms with Crippen LogP contribution in [0.3, 0.4) is 0 Å². The monoisotopic (exact) mass is 334 g/mol. The second-order valence-corrected chi connectivity index (χ2v) is 5.70. The molecule has 0 aliphatic rings. The van der Waals surface area contributed by atoms with Crippen molar-refractivity contribution >= 4 is 12.0 Å². The molecule has 1 heterocycles. The van der Waals surface area contributed by atoms with Gasteiger partial charge in [-0.15, -0.1) is 0 Å². The normalized spacial score (nSPS) is 12.4. The van der Waals surface area contributed by atoms with Gasteiger partial charge in [0.15, 0.2) is 0 Å². The van der Waals surface area contributed by atoms with Crippen molar-refractivity contribution < 1.29 is 19.4 Å². The minimum Gasteiger partial charge on any atom is -0.478 e. The van der Waals surface area contributed by atoms with Gasteiger partial charge in [0, 0.05) is 18.1 Å². The summed E-state index contributed by atoms with van der Waals surface area (Å²) in [5.41, 5.74) is 2.64. The maximum atomic E-state index is 10.6. The molecule has 126 valence electrons. The quantitative estimate of drug-likeness (QED) is 0.659. The van der Waals surface area contributed by atoms with Gasteiger partial charge >= 0.3 is 5.97 Å². The largest absolute Gasteiger partial charge is 0.478 e. The maximum Gasteiger partial charge on any atom is 0.328 e. The van der Waals surface area contributed by atoms with Crippen molar-refractivity contribution in [2.45, 2.75) is 12.5 Å². The lowest BCUT2D eigenvalue weighted by Gasteiger charge is -2.08. The first-order valence-electron chi connectivity index (χ1n) is 7.95. The standard InChI is InChI=1S/C21H18O4/c22-18(14-16-6-4-5-15(13-16)9-12-21(23)24)20-11-10-19(25-20)17-7-2-1-3-8-17/h1-13,18,22H,14H2,(H,23,24)/b12-9+. The van der Waals surface area contributed by atoms with Crippen LogP contribution >= 0.6 is 0 Å². The fourth-order valence-electron chi connectivity index (χ4n) is 2.60. The number of carboxylic acid groups (broad SMARTS) is 1. The summed E-state index contributed by atoms with van der Waals surface area (Å²) in [5, 5.41) is 19.1. The van der Waals surface area contributed by atoms with Crippen LogP contribution in [0.25, 0.3) is 17.4 Å². The Kier molecular flexibility index (Phi) is 5.11. The van der Waals surface area contributed by atoms with Gasteiger partial charge in [-0.25, -0.2) is 4.79 Å². The summed E-state index contributed by atoms with van der Waals surface area (Å²) in [6.07, 6.45) is 2.24. The Morgan fingerprint density at radius 3 is 2.60 bits per heavy atom. The lowest BCUT2D eigenvalue weighted by Crippen LogP contribution is -2.00. The van der Waals surface area contributed by atoms with Crippen molar-refractivity contribution in [1.82, 2.24) is 0 Å². The first kappa shape index (κ1) is 16.7. The predicted octanol–water partition coefficient (Wildman–Crippen LogP) is 4.32. The van der Waals surface area contributed by atoms with E-state index in [1.165, 1.54) is 6.08 Å². The molecule has 4 heteroatoms. The molecule has 1 unspecified atom stereocenters. The molecular formula is C21H18O4. The van der Waals surface area contributed by atoms with Gasteiger partial charge in [0.1, 0.15) is 17.6 Å². The molecule has 1 aromatic heterocycles. The zero-order chi connectivity index (χ0) is 17.6. The van der Waals surface area contributed by atoms with E-state index in [4.69, 9.17) is 9.52 Å². The first-order chi connectivity index (χ1) is 12.1. The molecule has 0 bridgehead atoms. The van der Waals surface area contributed by atoms with E-state index in [-0.39, 0.29) is 0 Å². The number of hydrogen-bond acceptors (Lipinski definition) is 3. The summed E-state index contributed by atoms with van der Waals surface area (Å²) in [7, 11) is 0. The Balaban J connectivity index is 1.72. The fraction of sp³-hybridized carbons (Fsp3) is 0.0952. The van der Waals surface area contributed by atoms with E-state index >= 15 is 0 Å². The summed E-state index contributed by atoms with van der Waals surface area (Å²) >= 11 is 0. The Labute approximate surface area is 145 Å². The SMILES string of the molecule is O=C(O)/C=C/c1cccc(CC(O)c2ccc(-c3ccccc3)o2)c1. The van der Waals surface area contributed by atoms with E-state index in [1.54, 1.807) is 6.07 Å². The topological polar surface area (TPSA) is 70.7 Å². The van der Waals surface area contributed by atoms with Gasteiger partial charge in [-0.3, -0.25) is 0 Å². The van der Waals surface area contributed by atoms with Crippen molar-refractivity contribution in [3.63, 3.8) is 0 Å². The van der Waals surface area contributed by atoms with Gasteiger partial charge < -0.3 is 14.6 Å². The van der Waals surface area contributed by atoms with E-state index in [0.29, 0.717) is 17.9 Å². The van der Waals surface area contributed by atoms with Gasteiger partial charge in [-0.05, 0) is 29.3 Å². The van der Waals surface area contributed by atoms with Crippen LogP contribution in [0.15, 0.2) is 77.2 Å². The summed E-state index contributed by atoms with van der Waals surface area (Å²) in [5.74, 6) is 0.229. The lowest BCUT2D eigenvalue weighted by atomic mass is 10.0. The molecule has 0 fully saturated rings. The average Bonchev–Trinajstić information content (AvgIpc) is 3.11. The highest BCUT2D eigenvalue weighted by Crippen LogP contribution is 2.27. The molecule has 4 nitrogen and oxygen atoms in total. The Hall–Kier alpha value is -3.11. The maximum absolute atomic E-state index is 10.6. The summed E-state index contributed by atoms with van der Waals surface area (Å²) in [4.78, 5) is 10.6. The number of carboxylic acids is 1. The number of furan rings is 1. The number of carbonyl (C=O) groups is 1. The summed E-state index contributed by atoms with van der Waals surface area (Å²) in [6.45, 7) is 0. The molecule has 25 heavy (non-hydrogen) atoms. The lowest BCUT2D eigenvalue weighted by molar-refractivity contribution is -0.131. The van der Waals surface area contributed by atoms with Crippen LogP contribution in [-0.4, -0.2) is 16.2 Å². The van der Waals surface area contributed by atoms with Gasteiger partial charge in [0.2, 0.25) is 0 Å². The van der Waals surface area contributed by atoms with Gasteiger partial charge in [0.05, 0.1) is 0 Å². The molecule has 3 aromatic rings.